The Morgan fingerprint density at radius 2 is 1.94 bits per heavy atom. The quantitative estimate of drug-likeness (QED) is 0.743. The molecule has 0 saturated carbocycles. The molecule has 0 spiro atoms. The molecule has 1 aromatic heterocycles. The smallest absolute Gasteiger partial charge is 0.225 e. The van der Waals surface area contributed by atoms with Gasteiger partial charge in [0.2, 0.25) is 11.8 Å². The van der Waals surface area contributed by atoms with Crippen LogP contribution in [0.25, 0.3) is 0 Å². The molecule has 16 heavy (non-hydrogen) atoms. The molecule has 3 nitrogen and oxygen atoms in total. The fourth-order valence-electron chi connectivity index (χ4n) is 1.29. The second-order valence-corrected chi connectivity index (χ2v) is 3.28. The van der Waals surface area contributed by atoms with Gasteiger partial charge in [0, 0.05) is 0 Å². The first kappa shape index (κ1) is 10.5. The van der Waals surface area contributed by atoms with Crippen LogP contribution in [-0.2, 0) is 6.42 Å². The van der Waals surface area contributed by atoms with Crippen LogP contribution in [-0.4, -0.2) is 9.97 Å². The van der Waals surface area contributed by atoms with Gasteiger partial charge in [-0.2, -0.15) is 4.39 Å². The van der Waals surface area contributed by atoms with Gasteiger partial charge in [-0.25, -0.2) is 9.97 Å². The molecule has 0 N–H and O–H groups in total. The van der Waals surface area contributed by atoms with Crippen molar-refractivity contribution in [3.63, 3.8) is 0 Å². The highest BCUT2D eigenvalue weighted by Gasteiger charge is 2.00. The first-order valence-electron chi connectivity index (χ1n) is 5.02. The summed E-state index contributed by atoms with van der Waals surface area (Å²) < 4.78 is 18.1. The molecule has 0 amide bonds. The van der Waals surface area contributed by atoms with Gasteiger partial charge in [-0.05, 0) is 24.1 Å². The van der Waals surface area contributed by atoms with Crippen molar-refractivity contribution in [3.05, 3.63) is 48.2 Å². The highest BCUT2D eigenvalue weighted by molar-refractivity contribution is 5.30. The SMILES string of the molecule is CCc1ccc(Oc2cc(F)ncn2)cc1. The molecule has 0 atom stereocenters. The second-order valence-electron chi connectivity index (χ2n) is 3.28. The van der Waals surface area contributed by atoms with E-state index in [1.807, 2.05) is 24.3 Å². The Morgan fingerprint density at radius 3 is 2.56 bits per heavy atom. The maximum atomic E-state index is 12.8. The minimum Gasteiger partial charge on any atom is -0.439 e. The van der Waals surface area contributed by atoms with Gasteiger partial charge in [0.1, 0.15) is 12.1 Å². The lowest BCUT2D eigenvalue weighted by atomic mass is 10.2. The van der Waals surface area contributed by atoms with Crippen molar-refractivity contribution >= 4 is 0 Å². The van der Waals surface area contributed by atoms with Gasteiger partial charge in [-0.1, -0.05) is 19.1 Å². The van der Waals surface area contributed by atoms with Crippen LogP contribution in [0.2, 0.25) is 0 Å². The van der Waals surface area contributed by atoms with Gasteiger partial charge in [0.05, 0.1) is 6.07 Å². The summed E-state index contributed by atoms with van der Waals surface area (Å²) in [6.45, 7) is 2.08. The molecular weight excluding hydrogens is 207 g/mol. The Bertz CT molecular complexity index is 471. The summed E-state index contributed by atoms with van der Waals surface area (Å²) in [5.74, 6) is 0.238. The second kappa shape index (κ2) is 4.70. The summed E-state index contributed by atoms with van der Waals surface area (Å²) in [4.78, 5) is 7.16. The Kier molecular flexibility index (Phi) is 3.10. The van der Waals surface area contributed by atoms with Crippen LogP contribution in [0.1, 0.15) is 12.5 Å². The van der Waals surface area contributed by atoms with E-state index < -0.39 is 5.95 Å². The zero-order valence-corrected chi connectivity index (χ0v) is 8.85. The topological polar surface area (TPSA) is 35.0 Å². The molecule has 0 aliphatic heterocycles. The monoisotopic (exact) mass is 218 g/mol. The standard InChI is InChI=1S/C12H11FN2O/c1-2-9-3-5-10(6-4-9)16-12-7-11(13)14-8-15-12/h3-8H,2H2,1H3. The first-order valence-corrected chi connectivity index (χ1v) is 5.02. The van der Waals surface area contributed by atoms with E-state index in [2.05, 4.69) is 16.9 Å². The summed E-state index contributed by atoms with van der Waals surface area (Å²) in [6.07, 6.45) is 2.10. The van der Waals surface area contributed by atoms with Gasteiger partial charge in [-0.15, -0.1) is 0 Å². The zero-order valence-electron chi connectivity index (χ0n) is 8.85. The van der Waals surface area contributed by atoms with E-state index in [1.165, 1.54) is 5.56 Å². The zero-order chi connectivity index (χ0) is 11.4. The van der Waals surface area contributed by atoms with Gasteiger partial charge < -0.3 is 4.74 Å². The number of aromatic nitrogens is 2. The Morgan fingerprint density at radius 1 is 1.19 bits per heavy atom. The number of hydrogen-bond acceptors (Lipinski definition) is 3. The van der Waals surface area contributed by atoms with Crippen molar-refractivity contribution in [1.82, 2.24) is 9.97 Å². The van der Waals surface area contributed by atoms with Crippen molar-refractivity contribution < 1.29 is 9.13 Å². The van der Waals surface area contributed by atoms with Crippen molar-refractivity contribution in [2.45, 2.75) is 13.3 Å². The third-order valence-corrected chi connectivity index (χ3v) is 2.16. The average Bonchev–Trinajstić information content (AvgIpc) is 2.30. The lowest BCUT2D eigenvalue weighted by Gasteiger charge is -2.04. The molecule has 0 aliphatic carbocycles. The molecule has 0 fully saturated rings. The molecule has 82 valence electrons. The summed E-state index contributed by atoms with van der Waals surface area (Å²) in [5, 5.41) is 0. The van der Waals surface area contributed by atoms with Gasteiger partial charge >= 0.3 is 0 Å². The molecule has 0 radical (unpaired) electrons. The van der Waals surface area contributed by atoms with Gasteiger partial charge in [0.25, 0.3) is 0 Å². The Labute approximate surface area is 92.9 Å². The highest BCUT2D eigenvalue weighted by Crippen LogP contribution is 2.19. The molecular formula is C12H11FN2O. The lowest BCUT2D eigenvalue weighted by Crippen LogP contribution is -1.91. The van der Waals surface area contributed by atoms with Crippen LogP contribution in [0.3, 0.4) is 0 Å². The summed E-state index contributed by atoms with van der Waals surface area (Å²) in [5.41, 5.74) is 1.22. The van der Waals surface area contributed by atoms with E-state index >= 15 is 0 Å². The molecule has 1 aromatic carbocycles. The van der Waals surface area contributed by atoms with Crippen LogP contribution >= 0.6 is 0 Å². The third-order valence-electron chi connectivity index (χ3n) is 2.16. The molecule has 2 aromatic rings. The van der Waals surface area contributed by atoms with Crippen LogP contribution in [0.15, 0.2) is 36.7 Å². The normalized spacial score (nSPS) is 10.1. The minimum absolute atomic E-state index is 0.205. The van der Waals surface area contributed by atoms with Crippen LogP contribution < -0.4 is 4.74 Å². The number of aryl methyl sites for hydroxylation is 1. The first-order chi connectivity index (χ1) is 7.78. The number of benzene rings is 1. The van der Waals surface area contributed by atoms with Crippen molar-refractivity contribution in [2.24, 2.45) is 0 Å². The fourth-order valence-corrected chi connectivity index (χ4v) is 1.29. The molecule has 4 heteroatoms. The highest BCUT2D eigenvalue weighted by atomic mass is 19.1. The molecule has 0 aliphatic rings. The van der Waals surface area contributed by atoms with E-state index in [9.17, 15) is 4.39 Å². The average molecular weight is 218 g/mol. The van der Waals surface area contributed by atoms with Crippen LogP contribution in [0.5, 0.6) is 11.6 Å². The van der Waals surface area contributed by atoms with Crippen LogP contribution in [0, 0.1) is 5.95 Å². The summed E-state index contributed by atoms with van der Waals surface area (Å²) in [7, 11) is 0. The van der Waals surface area contributed by atoms with Crippen molar-refractivity contribution in [3.8, 4) is 11.6 Å². The minimum atomic E-state index is -0.602. The predicted octanol–water partition coefficient (Wildman–Crippen LogP) is 2.97. The Balaban J connectivity index is 2.14. The van der Waals surface area contributed by atoms with Gasteiger partial charge in [0.15, 0.2) is 0 Å². The summed E-state index contributed by atoms with van der Waals surface area (Å²) >= 11 is 0. The third kappa shape index (κ3) is 2.53. The molecule has 2 rings (SSSR count). The molecule has 1 heterocycles. The molecule has 0 bridgehead atoms. The van der Waals surface area contributed by atoms with E-state index in [-0.39, 0.29) is 5.88 Å². The molecule has 0 saturated heterocycles. The van der Waals surface area contributed by atoms with Crippen molar-refractivity contribution in [1.29, 1.82) is 0 Å². The maximum absolute atomic E-state index is 12.8. The maximum Gasteiger partial charge on any atom is 0.225 e. The number of nitrogens with zero attached hydrogens (tertiary/aromatic N) is 2. The molecule has 0 unspecified atom stereocenters. The van der Waals surface area contributed by atoms with E-state index in [4.69, 9.17) is 4.74 Å². The number of rotatable bonds is 3. The number of hydrogen-bond donors (Lipinski definition) is 0. The van der Waals surface area contributed by atoms with Crippen molar-refractivity contribution in [2.75, 3.05) is 0 Å². The lowest BCUT2D eigenvalue weighted by molar-refractivity contribution is 0.450. The fraction of sp³-hybridized carbons (Fsp3) is 0.167. The van der Waals surface area contributed by atoms with E-state index in [0.29, 0.717) is 5.75 Å². The predicted molar refractivity (Wildman–Crippen MR) is 57.9 cm³/mol. The van der Waals surface area contributed by atoms with E-state index in [1.54, 1.807) is 0 Å². The van der Waals surface area contributed by atoms with E-state index in [0.717, 1.165) is 18.8 Å². The summed E-state index contributed by atoms with van der Waals surface area (Å²) in [6, 6.07) is 8.74. The largest absolute Gasteiger partial charge is 0.439 e. The van der Waals surface area contributed by atoms with Gasteiger partial charge in [-0.3, -0.25) is 0 Å². The number of halogens is 1. The Hall–Kier alpha value is -1.97. The van der Waals surface area contributed by atoms with Crippen LogP contribution in [0.4, 0.5) is 4.39 Å². The number of ether oxygens (including phenoxy) is 1.